The number of ether oxygens (including phenoxy) is 1. The molecule has 0 saturated heterocycles. The zero-order chi connectivity index (χ0) is 19.0. The summed E-state index contributed by atoms with van der Waals surface area (Å²) in [5.41, 5.74) is 0.879. The third-order valence-corrected chi connectivity index (χ3v) is 4.65. The Morgan fingerprint density at radius 2 is 2.00 bits per heavy atom. The topological polar surface area (TPSA) is 56.4 Å². The van der Waals surface area contributed by atoms with Gasteiger partial charge >= 0.3 is 6.61 Å². The van der Waals surface area contributed by atoms with Crippen molar-refractivity contribution in [2.24, 2.45) is 7.05 Å². The van der Waals surface area contributed by atoms with E-state index in [0.29, 0.717) is 16.6 Å². The first-order chi connectivity index (χ1) is 12.3. The van der Waals surface area contributed by atoms with E-state index in [9.17, 15) is 23.1 Å². The molecule has 1 N–H and O–H groups in total. The van der Waals surface area contributed by atoms with E-state index in [1.807, 2.05) is 0 Å². The van der Waals surface area contributed by atoms with Crippen molar-refractivity contribution in [3.63, 3.8) is 0 Å². The molecule has 26 heavy (non-hydrogen) atoms. The SMILES string of the molecule is Cn1c(=O)c2cc(F)c(Br)cc2n1Cc1cc(CO)ccc1OC(F)F. The number of hydrogen-bond acceptors (Lipinski definition) is 3. The second-order valence-electron chi connectivity index (χ2n) is 5.65. The summed E-state index contributed by atoms with van der Waals surface area (Å²) in [6, 6.07) is 6.91. The standard InChI is InChI=1S/C17H14BrF3N2O3/c1-22-16(25)11-5-13(19)12(18)6-14(11)23(22)7-10-4-9(8-24)2-3-15(10)26-17(20)21/h2-6,17,24H,7-8H2,1H3. The van der Waals surface area contributed by atoms with Crippen LogP contribution in [-0.2, 0) is 20.2 Å². The summed E-state index contributed by atoms with van der Waals surface area (Å²) in [7, 11) is 1.50. The maximum atomic E-state index is 13.8. The zero-order valence-corrected chi connectivity index (χ0v) is 15.1. The molecule has 0 fully saturated rings. The molecule has 0 atom stereocenters. The van der Waals surface area contributed by atoms with Gasteiger partial charge in [0.15, 0.2) is 0 Å². The number of fused-ring (bicyclic) bond motifs is 1. The van der Waals surface area contributed by atoms with E-state index in [2.05, 4.69) is 20.7 Å². The van der Waals surface area contributed by atoms with Crippen LogP contribution < -0.4 is 10.3 Å². The van der Waals surface area contributed by atoms with Crippen LogP contribution in [0.25, 0.3) is 10.9 Å². The smallest absolute Gasteiger partial charge is 0.387 e. The van der Waals surface area contributed by atoms with E-state index >= 15 is 0 Å². The molecule has 2 aromatic carbocycles. The Kier molecular flexibility index (Phi) is 5.10. The fourth-order valence-electron chi connectivity index (χ4n) is 2.78. The molecule has 3 aromatic rings. The molecular formula is C17H14BrF3N2O3. The van der Waals surface area contributed by atoms with Crippen molar-refractivity contribution in [3.8, 4) is 5.75 Å². The van der Waals surface area contributed by atoms with Crippen molar-refractivity contribution >= 4 is 26.8 Å². The molecule has 1 aromatic heterocycles. The first kappa shape index (κ1) is 18.5. The highest BCUT2D eigenvalue weighted by Gasteiger charge is 2.17. The van der Waals surface area contributed by atoms with Gasteiger partial charge in [0.25, 0.3) is 5.56 Å². The third kappa shape index (κ3) is 3.36. The van der Waals surface area contributed by atoms with Crippen molar-refractivity contribution in [2.45, 2.75) is 19.8 Å². The number of rotatable bonds is 5. The van der Waals surface area contributed by atoms with Crippen LogP contribution in [-0.4, -0.2) is 21.1 Å². The normalized spacial score (nSPS) is 11.5. The number of nitrogens with zero attached hydrogens (tertiary/aromatic N) is 2. The summed E-state index contributed by atoms with van der Waals surface area (Å²) >= 11 is 3.08. The van der Waals surface area contributed by atoms with Gasteiger partial charge in [-0.05, 0) is 45.8 Å². The van der Waals surface area contributed by atoms with Crippen LogP contribution in [0.15, 0.2) is 39.6 Å². The van der Waals surface area contributed by atoms with Crippen LogP contribution in [0.3, 0.4) is 0 Å². The quantitative estimate of drug-likeness (QED) is 0.674. The second-order valence-corrected chi connectivity index (χ2v) is 6.50. The van der Waals surface area contributed by atoms with Gasteiger partial charge in [-0.25, -0.2) is 4.39 Å². The number of aliphatic hydroxyl groups is 1. The van der Waals surface area contributed by atoms with E-state index in [0.717, 1.165) is 6.07 Å². The monoisotopic (exact) mass is 430 g/mol. The number of hydrogen-bond donors (Lipinski definition) is 1. The Morgan fingerprint density at radius 1 is 1.27 bits per heavy atom. The minimum Gasteiger partial charge on any atom is -0.434 e. The first-order valence-corrected chi connectivity index (χ1v) is 8.33. The lowest BCUT2D eigenvalue weighted by Crippen LogP contribution is -2.20. The van der Waals surface area contributed by atoms with Crippen molar-refractivity contribution in [3.05, 3.63) is 62.1 Å². The average Bonchev–Trinajstić information content (AvgIpc) is 2.81. The summed E-state index contributed by atoms with van der Waals surface area (Å²) in [5, 5.41) is 9.47. The number of halogens is 4. The predicted molar refractivity (Wildman–Crippen MR) is 92.9 cm³/mol. The molecule has 9 heteroatoms. The highest BCUT2D eigenvalue weighted by Crippen LogP contribution is 2.26. The van der Waals surface area contributed by atoms with Crippen molar-refractivity contribution < 1.29 is 23.0 Å². The molecule has 0 aliphatic heterocycles. The number of benzene rings is 2. The second kappa shape index (κ2) is 7.16. The summed E-state index contributed by atoms with van der Waals surface area (Å²) in [6.45, 7) is -3.27. The zero-order valence-electron chi connectivity index (χ0n) is 13.5. The molecule has 0 amide bonds. The molecule has 0 aliphatic rings. The van der Waals surface area contributed by atoms with Gasteiger partial charge in [-0.3, -0.25) is 14.2 Å². The maximum Gasteiger partial charge on any atom is 0.387 e. The van der Waals surface area contributed by atoms with E-state index in [1.54, 1.807) is 0 Å². The Balaban J connectivity index is 2.16. The largest absolute Gasteiger partial charge is 0.434 e. The van der Waals surface area contributed by atoms with E-state index < -0.39 is 18.0 Å². The Labute approximate surface area is 154 Å². The van der Waals surface area contributed by atoms with Gasteiger partial charge in [0.1, 0.15) is 11.6 Å². The van der Waals surface area contributed by atoms with Gasteiger partial charge in [-0.2, -0.15) is 8.78 Å². The van der Waals surface area contributed by atoms with E-state index in [1.165, 1.54) is 40.7 Å². The van der Waals surface area contributed by atoms with E-state index in [-0.39, 0.29) is 28.8 Å². The summed E-state index contributed by atoms with van der Waals surface area (Å²) in [4.78, 5) is 12.4. The van der Waals surface area contributed by atoms with Gasteiger partial charge in [0.2, 0.25) is 0 Å². The highest BCUT2D eigenvalue weighted by molar-refractivity contribution is 9.10. The molecule has 5 nitrogen and oxygen atoms in total. The highest BCUT2D eigenvalue weighted by atomic mass is 79.9. The Hall–Kier alpha value is -2.26. The van der Waals surface area contributed by atoms with Crippen LogP contribution in [0.5, 0.6) is 5.75 Å². The third-order valence-electron chi connectivity index (χ3n) is 4.05. The Morgan fingerprint density at radius 3 is 2.65 bits per heavy atom. The molecule has 0 saturated carbocycles. The number of alkyl halides is 2. The first-order valence-electron chi connectivity index (χ1n) is 7.54. The molecular weight excluding hydrogens is 417 g/mol. The van der Waals surface area contributed by atoms with Crippen LogP contribution in [0, 0.1) is 5.82 Å². The number of aromatic nitrogens is 2. The summed E-state index contributed by atoms with van der Waals surface area (Å²) in [5.74, 6) is -0.635. The predicted octanol–water partition coefficient (Wildman–Crippen LogP) is 3.38. The van der Waals surface area contributed by atoms with Gasteiger partial charge in [-0.1, -0.05) is 6.07 Å². The fourth-order valence-corrected chi connectivity index (χ4v) is 3.12. The minimum atomic E-state index is -3.01. The molecule has 0 unspecified atom stereocenters. The number of aliphatic hydroxyl groups excluding tert-OH is 1. The van der Waals surface area contributed by atoms with Gasteiger partial charge in [0.05, 0.1) is 28.5 Å². The van der Waals surface area contributed by atoms with Crippen molar-refractivity contribution in [1.29, 1.82) is 0 Å². The lowest BCUT2D eigenvalue weighted by atomic mass is 10.1. The molecule has 0 bridgehead atoms. The van der Waals surface area contributed by atoms with Crippen molar-refractivity contribution in [2.75, 3.05) is 0 Å². The molecule has 0 radical (unpaired) electrons. The van der Waals surface area contributed by atoms with Crippen molar-refractivity contribution in [1.82, 2.24) is 9.36 Å². The molecule has 0 aliphatic carbocycles. The summed E-state index contributed by atoms with van der Waals surface area (Å²) < 4.78 is 46.6. The lowest BCUT2D eigenvalue weighted by molar-refractivity contribution is -0.0505. The van der Waals surface area contributed by atoms with Crippen LogP contribution in [0.1, 0.15) is 11.1 Å². The maximum absolute atomic E-state index is 13.8. The molecule has 138 valence electrons. The minimum absolute atomic E-state index is 0.0171. The van der Waals surface area contributed by atoms with Gasteiger partial charge < -0.3 is 9.84 Å². The lowest BCUT2D eigenvalue weighted by Gasteiger charge is -2.15. The molecule has 3 rings (SSSR count). The molecule has 0 spiro atoms. The van der Waals surface area contributed by atoms with E-state index in [4.69, 9.17) is 0 Å². The average molecular weight is 431 g/mol. The Bertz CT molecular complexity index is 1030. The van der Waals surface area contributed by atoms with Crippen LogP contribution in [0.4, 0.5) is 13.2 Å². The van der Waals surface area contributed by atoms with Crippen LogP contribution in [0.2, 0.25) is 0 Å². The molecule has 1 heterocycles. The van der Waals surface area contributed by atoms with Gasteiger partial charge in [0, 0.05) is 12.6 Å². The summed E-state index contributed by atoms with van der Waals surface area (Å²) in [6.07, 6.45) is 0. The van der Waals surface area contributed by atoms with Crippen LogP contribution >= 0.6 is 15.9 Å². The van der Waals surface area contributed by atoms with Gasteiger partial charge in [-0.15, -0.1) is 0 Å². The fraction of sp³-hybridized carbons (Fsp3) is 0.235.